The van der Waals surface area contributed by atoms with E-state index in [4.69, 9.17) is 9.88 Å². The maximum Gasteiger partial charge on any atom is 0.319 e. The molecule has 3 aromatic rings. The summed E-state index contributed by atoms with van der Waals surface area (Å²) >= 11 is 0. The lowest BCUT2D eigenvalue weighted by molar-refractivity contribution is 0.249. The van der Waals surface area contributed by atoms with Crippen LogP contribution in [0.1, 0.15) is 18.5 Å². The van der Waals surface area contributed by atoms with Crippen molar-refractivity contribution in [2.24, 2.45) is 5.14 Å². The van der Waals surface area contributed by atoms with Crippen LogP contribution in [0.3, 0.4) is 0 Å². The molecule has 0 bridgehead atoms. The van der Waals surface area contributed by atoms with Gasteiger partial charge in [-0.3, -0.25) is 0 Å². The van der Waals surface area contributed by atoms with Gasteiger partial charge in [-0.05, 0) is 61.0 Å². The van der Waals surface area contributed by atoms with E-state index in [0.717, 1.165) is 11.3 Å². The van der Waals surface area contributed by atoms with Crippen molar-refractivity contribution in [2.45, 2.75) is 17.9 Å². The van der Waals surface area contributed by atoms with Crippen LogP contribution < -0.4 is 20.5 Å². The molecule has 0 radical (unpaired) electrons. The number of primary sulfonamides is 1. The van der Waals surface area contributed by atoms with Gasteiger partial charge in [-0.15, -0.1) is 0 Å². The van der Waals surface area contributed by atoms with Crippen molar-refractivity contribution >= 4 is 21.7 Å². The van der Waals surface area contributed by atoms with Crippen LogP contribution in [0.25, 0.3) is 0 Å². The SMILES string of the molecule is CC(NC(=O)Nc1ccc(Oc2ccccc2)cc1)c1ccc(S(N)(=O)=O)cc1. The molecule has 1 unspecified atom stereocenters. The van der Waals surface area contributed by atoms with Gasteiger partial charge in [0.15, 0.2) is 0 Å². The molecule has 29 heavy (non-hydrogen) atoms. The number of sulfonamides is 1. The molecule has 0 heterocycles. The van der Waals surface area contributed by atoms with Crippen LogP contribution in [-0.4, -0.2) is 14.4 Å². The lowest BCUT2D eigenvalue weighted by atomic mass is 10.1. The molecule has 1 atom stereocenters. The molecular formula is C21H21N3O4S. The second kappa shape index (κ2) is 8.76. The van der Waals surface area contributed by atoms with Gasteiger partial charge in [0, 0.05) is 5.69 Å². The van der Waals surface area contributed by atoms with Gasteiger partial charge >= 0.3 is 6.03 Å². The van der Waals surface area contributed by atoms with Crippen molar-refractivity contribution in [3.63, 3.8) is 0 Å². The van der Waals surface area contributed by atoms with Gasteiger partial charge < -0.3 is 15.4 Å². The summed E-state index contributed by atoms with van der Waals surface area (Å²) in [5.41, 5.74) is 1.36. The van der Waals surface area contributed by atoms with Gasteiger partial charge in [-0.25, -0.2) is 18.4 Å². The average molecular weight is 411 g/mol. The summed E-state index contributed by atoms with van der Waals surface area (Å²) < 4.78 is 28.3. The summed E-state index contributed by atoms with van der Waals surface area (Å²) in [6.45, 7) is 1.79. The van der Waals surface area contributed by atoms with Crippen molar-refractivity contribution in [3.05, 3.63) is 84.4 Å². The number of carbonyl (C=O) groups excluding carboxylic acids is 1. The summed E-state index contributed by atoms with van der Waals surface area (Å²) in [5, 5.41) is 10.6. The number of hydrogen-bond donors (Lipinski definition) is 3. The first-order valence-electron chi connectivity index (χ1n) is 8.84. The normalized spacial score (nSPS) is 12.1. The number of carbonyl (C=O) groups is 1. The summed E-state index contributed by atoms with van der Waals surface area (Å²) in [6, 6.07) is 21.7. The zero-order valence-corrected chi connectivity index (χ0v) is 16.5. The minimum atomic E-state index is -3.74. The second-order valence-electron chi connectivity index (χ2n) is 6.37. The summed E-state index contributed by atoms with van der Waals surface area (Å²) in [6.07, 6.45) is 0. The largest absolute Gasteiger partial charge is 0.457 e. The molecule has 2 amide bonds. The van der Waals surface area contributed by atoms with E-state index in [2.05, 4.69) is 10.6 Å². The predicted molar refractivity (Wildman–Crippen MR) is 111 cm³/mol. The number of ether oxygens (including phenoxy) is 1. The molecule has 0 fully saturated rings. The van der Waals surface area contributed by atoms with Gasteiger partial charge in [-0.2, -0.15) is 0 Å². The molecule has 0 aromatic heterocycles. The highest BCUT2D eigenvalue weighted by Gasteiger charge is 2.12. The molecule has 0 aliphatic rings. The highest BCUT2D eigenvalue weighted by Crippen LogP contribution is 2.23. The molecular weight excluding hydrogens is 390 g/mol. The van der Waals surface area contributed by atoms with Gasteiger partial charge in [0.05, 0.1) is 10.9 Å². The molecule has 3 aromatic carbocycles. The second-order valence-corrected chi connectivity index (χ2v) is 7.94. The van der Waals surface area contributed by atoms with E-state index < -0.39 is 10.0 Å². The molecule has 0 saturated heterocycles. The Morgan fingerprint density at radius 1 is 0.897 bits per heavy atom. The van der Waals surface area contributed by atoms with E-state index >= 15 is 0 Å². The molecule has 3 rings (SSSR count). The van der Waals surface area contributed by atoms with Crippen molar-refractivity contribution in [2.75, 3.05) is 5.32 Å². The molecule has 0 spiro atoms. The fourth-order valence-electron chi connectivity index (χ4n) is 2.62. The third kappa shape index (κ3) is 5.81. The van der Waals surface area contributed by atoms with Crippen LogP contribution in [0.15, 0.2) is 83.8 Å². The first-order chi connectivity index (χ1) is 13.8. The van der Waals surface area contributed by atoms with Crippen LogP contribution >= 0.6 is 0 Å². The summed E-state index contributed by atoms with van der Waals surface area (Å²) in [4.78, 5) is 12.3. The Balaban J connectivity index is 1.56. The van der Waals surface area contributed by atoms with Crippen molar-refractivity contribution < 1.29 is 17.9 Å². The summed E-state index contributed by atoms with van der Waals surface area (Å²) in [7, 11) is -3.74. The predicted octanol–water partition coefficient (Wildman–Crippen LogP) is 4.01. The maximum atomic E-state index is 12.2. The average Bonchev–Trinajstić information content (AvgIpc) is 2.69. The fourth-order valence-corrected chi connectivity index (χ4v) is 3.14. The minimum Gasteiger partial charge on any atom is -0.457 e. The van der Waals surface area contributed by atoms with Gasteiger partial charge in [0.25, 0.3) is 0 Å². The van der Waals surface area contributed by atoms with E-state index in [1.54, 1.807) is 43.3 Å². The Hall–Kier alpha value is -3.36. The zero-order chi connectivity index (χ0) is 20.9. The molecule has 0 saturated carbocycles. The van der Waals surface area contributed by atoms with E-state index in [0.29, 0.717) is 11.4 Å². The number of nitrogens with two attached hydrogens (primary N) is 1. The van der Waals surface area contributed by atoms with Gasteiger partial charge in [0.1, 0.15) is 11.5 Å². The van der Waals surface area contributed by atoms with Gasteiger partial charge in [0.2, 0.25) is 10.0 Å². The standard InChI is InChI=1S/C21H21N3O4S/c1-15(16-7-13-20(14-8-16)29(22,26)27)23-21(25)24-17-9-11-19(12-10-17)28-18-5-3-2-4-6-18/h2-15H,1H3,(H2,22,26,27)(H2,23,24,25). The smallest absolute Gasteiger partial charge is 0.319 e. The van der Waals surface area contributed by atoms with Crippen molar-refractivity contribution in [1.29, 1.82) is 0 Å². The Kier molecular flexibility index (Phi) is 6.16. The third-order valence-corrected chi connectivity index (χ3v) is 5.08. The molecule has 0 aliphatic heterocycles. The molecule has 4 N–H and O–H groups in total. The lowest BCUT2D eigenvalue weighted by Gasteiger charge is -2.15. The quantitative estimate of drug-likeness (QED) is 0.569. The van der Waals surface area contributed by atoms with Crippen LogP contribution in [0.2, 0.25) is 0 Å². The van der Waals surface area contributed by atoms with E-state index in [1.165, 1.54) is 12.1 Å². The minimum absolute atomic E-state index is 0.0238. The Labute approximate surface area is 169 Å². The number of para-hydroxylation sites is 1. The summed E-state index contributed by atoms with van der Waals surface area (Å²) in [5.74, 6) is 1.39. The van der Waals surface area contributed by atoms with Crippen LogP contribution in [0, 0.1) is 0 Å². The number of nitrogens with one attached hydrogen (secondary N) is 2. The van der Waals surface area contributed by atoms with E-state index in [9.17, 15) is 13.2 Å². The van der Waals surface area contributed by atoms with Crippen molar-refractivity contribution in [3.8, 4) is 11.5 Å². The number of amides is 2. The van der Waals surface area contributed by atoms with Crippen molar-refractivity contribution in [1.82, 2.24) is 5.32 Å². The number of benzene rings is 3. The third-order valence-electron chi connectivity index (χ3n) is 4.15. The van der Waals surface area contributed by atoms with Gasteiger partial charge in [-0.1, -0.05) is 30.3 Å². The first kappa shape index (κ1) is 20.4. The molecule has 0 aliphatic carbocycles. The first-order valence-corrected chi connectivity index (χ1v) is 10.4. The Bertz CT molecular complexity index is 1070. The Morgan fingerprint density at radius 2 is 1.48 bits per heavy atom. The Morgan fingerprint density at radius 3 is 2.07 bits per heavy atom. The fraction of sp³-hybridized carbons (Fsp3) is 0.0952. The monoisotopic (exact) mass is 411 g/mol. The van der Waals surface area contributed by atoms with Crippen LogP contribution in [-0.2, 0) is 10.0 Å². The molecule has 8 heteroatoms. The van der Waals surface area contributed by atoms with E-state index in [1.807, 2.05) is 30.3 Å². The highest BCUT2D eigenvalue weighted by atomic mass is 32.2. The number of rotatable bonds is 6. The van der Waals surface area contributed by atoms with Crippen LogP contribution in [0.5, 0.6) is 11.5 Å². The molecule has 7 nitrogen and oxygen atoms in total. The molecule has 150 valence electrons. The number of hydrogen-bond acceptors (Lipinski definition) is 4. The maximum absolute atomic E-state index is 12.2. The van der Waals surface area contributed by atoms with Crippen LogP contribution in [0.4, 0.5) is 10.5 Å². The zero-order valence-electron chi connectivity index (χ0n) is 15.7. The van der Waals surface area contributed by atoms with E-state index in [-0.39, 0.29) is 17.0 Å². The lowest BCUT2D eigenvalue weighted by Crippen LogP contribution is -2.31. The number of anilines is 1. The topological polar surface area (TPSA) is 111 Å². The highest BCUT2D eigenvalue weighted by molar-refractivity contribution is 7.89. The number of urea groups is 1.